The lowest BCUT2D eigenvalue weighted by Crippen LogP contribution is -2.36. The Balaban J connectivity index is 1.71. The molecule has 1 aromatic rings. The van der Waals surface area contributed by atoms with Gasteiger partial charge in [-0.15, -0.1) is 0 Å². The van der Waals surface area contributed by atoms with Gasteiger partial charge in [0.2, 0.25) is 5.91 Å². The number of benzene rings is 1. The zero-order valence-electron chi connectivity index (χ0n) is 10.7. The maximum absolute atomic E-state index is 12.1. The molecule has 0 radical (unpaired) electrons. The highest BCUT2D eigenvalue weighted by Crippen LogP contribution is 2.22. The topological polar surface area (TPSA) is 70.2 Å². The van der Waals surface area contributed by atoms with E-state index < -0.39 is 0 Å². The van der Waals surface area contributed by atoms with Crippen LogP contribution in [0.2, 0.25) is 0 Å². The van der Waals surface area contributed by atoms with E-state index >= 15 is 0 Å². The molecular formula is C14H17N3O2. The largest absolute Gasteiger partial charge is 0.385 e. The van der Waals surface area contributed by atoms with Gasteiger partial charge in [-0.25, -0.2) is 0 Å². The van der Waals surface area contributed by atoms with Crippen LogP contribution in [0.4, 0.5) is 5.69 Å². The highest BCUT2D eigenvalue weighted by molar-refractivity contribution is 5.95. The predicted octanol–water partition coefficient (Wildman–Crippen LogP) is 0.663. The average molecular weight is 259 g/mol. The van der Waals surface area contributed by atoms with Gasteiger partial charge in [0, 0.05) is 30.8 Å². The molecule has 3 rings (SSSR count). The second kappa shape index (κ2) is 4.91. The molecule has 0 aliphatic carbocycles. The molecule has 3 N–H and O–H groups in total. The van der Waals surface area contributed by atoms with Crippen LogP contribution in [0, 0.1) is 0 Å². The molecule has 2 aliphatic rings. The Labute approximate surface area is 111 Å². The number of fused-ring (bicyclic) bond motifs is 1. The van der Waals surface area contributed by atoms with Crippen LogP contribution in [0.5, 0.6) is 0 Å². The first-order chi connectivity index (χ1) is 9.22. The molecule has 0 bridgehead atoms. The Morgan fingerprint density at radius 1 is 1.32 bits per heavy atom. The summed E-state index contributed by atoms with van der Waals surface area (Å²) in [7, 11) is 0. The zero-order valence-corrected chi connectivity index (χ0v) is 10.7. The number of aryl methyl sites for hydroxylation is 1. The Bertz CT molecular complexity index is 527. The van der Waals surface area contributed by atoms with Crippen LogP contribution >= 0.6 is 0 Å². The van der Waals surface area contributed by atoms with Crippen LogP contribution in [0.1, 0.15) is 28.8 Å². The summed E-state index contributed by atoms with van der Waals surface area (Å²) in [6.07, 6.45) is 2.48. The second-order valence-electron chi connectivity index (χ2n) is 5.08. The summed E-state index contributed by atoms with van der Waals surface area (Å²) in [6.45, 7) is 1.52. The molecule has 1 aromatic carbocycles. The van der Waals surface area contributed by atoms with Crippen LogP contribution < -0.4 is 16.0 Å². The minimum atomic E-state index is -0.102. The summed E-state index contributed by atoms with van der Waals surface area (Å²) in [5.41, 5.74) is 2.99. The van der Waals surface area contributed by atoms with Gasteiger partial charge in [-0.3, -0.25) is 9.59 Å². The zero-order chi connectivity index (χ0) is 13.2. The number of hydrogen-bond donors (Lipinski definition) is 3. The molecule has 100 valence electrons. The summed E-state index contributed by atoms with van der Waals surface area (Å²) in [4.78, 5) is 23.2. The molecule has 19 heavy (non-hydrogen) atoms. The molecule has 2 heterocycles. The number of carbonyl (C=O) groups excluding carboxylic acids is 2. The lowest BCUT2D eigenvalue weighted by Gasteiger charge is -2.19. The van der Waals surface area contributed by atoms with Crippen molar-refractivity contribution in [2.24, 2.45) is 0 Å². The third-order valence-corrected chi connectivity index (χ3v) is 3.62. The maximum atomic E-state index is 12.1. The molecule has 1 saturated heterocycles. The Morgan fingerprint density at radius 3 is 3.00 bits per heavy atom. The van der Waals surface area contributed by atoms with Gasteiger partial charge in [-0.05, 0) is 36.6 Å². The van der Waals surface area contributed by atoms with Crippen LogP contribution in [-0.4, -0.2) is 30.9 Å². The van der Waals surface area contributed by atoms with Gasteiger partial charge in [0.1, 0.15) is 0 Å². The Hall–Kier alpha value is -2.04. The average Bonchev–Trinajstić information content (AvgIpc) is 2.83. The highest BCUT2D eigenvalue weighted by atomic mass is 16.2. The fourth-order valence-electron chi connectivity index (χ4n) is 2.59. The van der Waals surface area contributed by atoms with E-state index in [9.17, 15) is 9.59 Å². The van der Waals surface area contributed by atoms with Crippen molar-refractivity contribution in [2.75, 3.05) is 18.4 Å². The smallest absolute Gasteiger partial charge is 0.251 e. The van der Waals surface area contributed by atoms with Gasteiger partial charge in [0.15, 0.2) is 0 Å². The summed E-state index contributed by atoms with van der Waals surface area (Å²) < 4.78 is 0. The van der Waals surface area contributed by atoms with Crippen molar-refractivity contribution >= 4 is 17.5 Å². The van der Waals surface area contributed by atoms with E-state index in [2.05, 4.69) is 16.0 Å². The first-order valence-corrected chi connectivity index (χ1v) is 6.67. The number of hydrogen-bond acceptors (Lipinski definition) is 3. The minimum Gasteiger partial charge on any atom is -0.385 e. The van der Waals surface area contributed by atoms with Crippen molar-refractivity contribution in [2.45, 2.75) is 25.3 Å². The fraction of sp³-hybridized carbons (Fsp3) is 0.429. The fourth-order valence-corrected chi connectivity index (χ4v) is 2.59. The van der Waals surface area contributed by atoms with Crippen molar-refractivity contribution < 1.29 is 9.59 Å². The molecular weight excluding hydrogens is 242 g/mol. The van der Waals surface area contributed by atoms with Gasteiger partial charge in [0.25, 0.3) is 5.91 Å². The van der Waals surface area contributed by atoms with Crippen molar-refractivity contribution in [3.8, 4) is 0 Å². The SMILES string of the molecule is O=C1CC(NC(=O)c2ccc3c(c2)CCCN3)CN1. The molecule has 2 aliphatic heterocycles. The number of nitrogens with one attached hydrogen (secondary N) is 3. The lowest BCUT2D eigenvalue weighted by atomic mass is 10.0. The van der Waals surface area contributed by atoms with Gasteiger partial charge < -0.3 is 16.0 Å². The number of rotatable bonds is 2. The van der Waals surface area contributed by atoms with Crippen molar-refractivity contribution in [3.05, 3.63) is 29.3 Å². The summed E-state index contributed by atoms with van der Waals surface area (Å²) in [5.74, 6) is -0.102. The van der Waals surface area contributed by atoms with Crippen LogP contribution in [-0.2, 0) is 11.2 Å². The second-order valence-corrected chi connectivity index (χ2v) is 5.08. The van der Waals surface area contributed by atoms with Crippen LogP contribution in [0.25, 0.3) is 0 Å². The molecule has 0 saturated carbocycles. The third-order valence-electron chi connectivity index (χ3n) is 3.62. The Morgan fingerprint density at radius 2 is 2.21 bits per heavy atom. The monoisotopic (exact) mass is 259 g/mol. The van der Waals surface area contributed by atoms with E-state index in [0.29, 0.717) is 18.5 Å². The van der Waals surface area contributed by atoms with Crippen molar-refractivity contribution in [3.63, 3.8) is 0 Å². The molecule has 1 atom stereocenters. The van der Waals surface area contributed by atoms with Crippen LogP contribution in [0.3, 0.4) is 0 Å². The molecule has 0 aromatic heterocycles. The molecule has 5 heteroatoms. The quantitative estimate of drug-likeness (QED) is 0.731. The van der Waals surface area contributed by atoms with E-state index in [1.165, 1.54) is 5.56 Å². The number of carbonyl (C=O) groups is 2. The number of anilines is 1. The first-order valence-electron chi connectivity index (χ1n) is 6.67. The van der Waals surface area contributed by atoms with E-state index in [0.717, 1.165) is 25.1 Å². The standard InChI is InChI=1S/C14H17N3O2/c18-13-7-11(8-16-13)17-14(19)10-3-4-12-9(6-10)2-1-5-15-12/h3-4,6,11,15H,1-2,5,7-8H2,(H,16,18)(H,17,19). The normalized spacial score (nSPS) is 21.3. The maximum Gasteiger partial charge on any atom is 0.251 e. The van der Waals surface area contributed by atoms with E-state index in [4.69, 9.17) is 0 Å². The van der Waals surface area contributed by atoms with Gasteiger partial charge >= 0.3 is 0 Å². The third kappa shape index (κ3) is 2.54. The Kier molecular flexibility index (Phi) is 3.11. The van der Waals surface area contributed by atoms with Crippen molar-refractivity contribution in [1.29, 1.82) is 0 Å². The summed E-state index contributed by atoms with van der Waals surface area (Å²) in [6, 6.07) is 5.65. The number of amides is 2. The predicted molar refractivity (Wildman–Crippen MR) is 72.1 cm³/mol. The van der Waals surface area contributed by atoms with E-state index in [-0.39, 0.29) is 17.9 Å². The van der Waals surface area contributed by atoms with E-state index in [1.807, 2.05) is 18.2 Å². The van der Waals surface area contributed by atoms with Crippen molar-refractivity contribution in [1.82, 2.24) is 10.6 Å². The lowest BCUT2D eigenvalue weighted by molar-refractivity contribution is -0.119. The van der Waals surface area contributed by atoms with Gasteiger partial charge in [-0.1, -0.05) is 0 Å². The molecule has 1 fully saturated rings. The van der Waals surface area contributed by atoms with Gasteiger partial charge in [-0.2, -0.15) is 0 Å². The molecule has 5 nitrogen and oxygen atoms in total. The summed E-state index contributed by atoms with van der Waals surface area (Å²) >= 11 is 0. The van der Waals surface area contributed by atoms with Crippen LogP contribution in [0.15, 0.2) is 18.2 Å². The molecule has 1 unspecified atom stereocenters. The minimum absolute atomic E-state index is 0.0000547. The highest BCUT2D eigenvalue weighted by Gasteiger charge is 2.23. The molecule has 2 amide bonds. The van der Waals surface area contributed by atoms with E-state index in [1.54, 1.807) is 0 Å². The molecule has 0 spiro atoms. The van der Waals surface area contributed by atoms with Gasteiger partial charge in [0.05, 0.1) is 6.04 Å². The summed E-state index contributed by atoms with van der Waals surface area (Å²) in [5, 5.41) is 8.92. The first kappa shape index (κ1) is 12.0.